The van der Waals surface area contributed by atoms with Crippen LogP contribution in [0.2, 0.25) is 0 Å². The van der Waals surface area contributed by atoms with Crippen LogP contribution in [0.1, 0.15) is 46.5 Å². The molecule has 0 bridgehead atoms. The highest BCUT2D eigenvalue weighted by molar-refractivity contribution is 4.99. The van der Waals surface area contributed by atoms with E-state index in [9.17, 15) is 5.11 Å². The maximum absolute atomic E-state index is 9.85. The number of nitrogens with one attached hydrogen (secondary N) is 1. The lowest BCUT2D eigenvalue weighted by Gasteiger charge is -2.40. The molecule has 2 aliphatic rings. The molecule has 0 aromatic heterocycles. The van der Waals surface area contributed by atoms with E-state index in [-0.39, 0.29) is 12.1 Å². The molecule has 1 saturated carbocycles. The highest BCUT2D eigenvalue weighted by atomic mass is 16.5. The Morgan fingerprint density at radius 3 is 2.90 bits per heavy atom. The van der Waals surface area contributed by atoms with Crippen LogP contribution in [-0.4, -0.2) is 60.5 Å². The van der Waals surface area contributed by atoms with Crippen molar-refractivity contribution in [1.82, 2.24) is 10.2 Å². The second-order valence-corrected chi connectivity index (χ2v) is 6.71. The Morgan fingerprint density at radius 2 is 2.20 bits per heavy atom. The molecule has 0 amide bonds. The molecule has 4 heteroatoms. The Kier molecular flexibility index (Phi) is 5.84. The second kappa shape index (κ2) is 7.21. The molecule has 4 atom stereocenters. The molecule has 1 saturated heterocycles. The summed E-state index contributed by atoms with van der Waals surface area (Å²) in [6.45, 7) is 10.8. The molecular formula is C16H32N2O2. The Labute approximate surface area is 123 Å². The molecule has 0 spiro atoms. The van der Waals surface area contributed by atoms with E-state index >= 15 is 0 Å². The fourth-order valence-corrected chi connectivity index (χ4v) is 4.02. The molecule has 4 unspecified atom stereocenters. The SMILES string of the molecule is CCNC1(CO)CCCC1CCN1CC(C)OCC1C. The van der Waals surface area contributed by atoms with Crippen LogP contribution in [0.4, 0.5) is 0 Å². The minimum Gasteiger partial charge on any atom is -0.394 e. The molecule has 0 radical (unpaired) electrons. The van der Waals surface area contributed by atoms with Crippen molar-refractivity contribution in [3.8, 4) is 0 Å². The Hall–Kier alpha value is -0.160. The topological polar surface area (TPSA) is 44.7 Å². The zero-order valence-corrected chi connectivity index (χ0v) is 13.4. The smallest absolute Gasteiger partial charge is 0.0674 e. The zero-order chi connectivity index (χ0) is 14.6. The minimum absolute atomic E-state index is 0.0180. The number of aliphatic hydroxyl groups excluding tert-OH is 1. The molecule has 4 nitrogen and oxygen atoms in total. The quantitative estimate of drug-likeness (QED) is 0.778. The Morgan fingerprint density at radius 1 is 1.40 bits per heavy atom. The van der Waals surface area contributed by atoms with Gasteiger partial charge in [-0.15, -0.1) is 0 Å². The van der Waals surface area contributed by atoms with Crippen molar-refractivity contribution in [2.24, 2.45) is 5.92 Å². The van der Waals surface area contributed by atoms with E-state index in [1.54, 1.807) is 0 Å². The van der Waals surface area contributed by atoms with Gasteiger partial charge in [0, 0.05) is 18.1 Å². The summed E-state index contributed by atoms with van der Waals surface area (Å²) in [6, 6.07) is 0.523. The van der Waals surface area contributed by atoms with Crippen LogP contribution in [-0.2, 0) is 4.74 Å². The summed E-state index contributed by atoms with van der Waals surface area (Å²) in [4.78, 5) is 2.56. The molecule has 1 heterocycles. The first-order valence-electron chi connectivity index (χ1n) is 8.33. The van der Waals surface area contributed by atoms with Crippen LogP contribution in [0, 0.1) is 5.92 Å². The first kappa shape index (κ1) is 16.2. The number of ether oxygens (including phenoxy) is 1. The molecule has 2 rings (SSSR count). The lowest BCUT2D eigenvalue weighted by Crippen LogP contribution is -2.53. The molecule has 2 N–H and O–H groups in total. The van der Waals surface area contributed by atoms with Gasteiger partial charge in [-0.25, -0.2) is 0 Å². The highest BCUT2D eigenvalue weighted by Gasteiger charge is 2.41. The Bertz CT molecular complexity index is 300. The van der Waals surface area contributed by atoms with Gasteiger partial charge in [-0.1, -0.05) is 13.3 Å². The summed E-state index contributed by atoms with van der Waals surface area (Å²) in [5.74, 6) is 0.609. The average Bonchev–Trinajstić information content (AvgIpc) is 2.84. The van der Waals surface area contributed by atoms with E-state index in [1.807, 2.05) is 0 Å². The molecular weight excluding hydrogens is 252 g/mol. The third kappa shape index (κ3) is 3.53. The van der Waals surface area contributed by atoms with Gasteiger partial charge >= 0.3 is 0 Å². The number of aliphatic hydroxyl groups is 1. The van der Waals surface area contributed by atoms with Crippen molar-refractivity contribution in [2.45, 2.75) is 64.1 Å². The number of morpholine rings is 1. The van der Waals surface area contributed by atoms with Gasteiger partial charge in [0.05, 0.1) is 19.3 Å². The fourth-order valence-electron chi connectivity index (χ4n) is 4.02. The first-order valence-corrected chi connectivity index (χ1v) is 8.33. The lowest BCUT2D eigenvalue weighted by atomic mass is 9.85. The predicted octanol–water partition coefficient (Wildman–Crippen LogP) is 1.63. The zero-order valence-electron chi connectivity index (χ0n) is 13.4. The van der Waals surface area contributed by atoms with E-state index in [2.05, 4.69) is 31.0 Å². The van der Waals surface area contributed by atoms with Crippen LogP contribution in [0.5, 0.6) is 0 Å². The summed E-state index contributed by atoms with van der Waals surface area (Å²) in [7, 11) is 0. The molecule has 1 aliphatic carbocycles. The maximum atomic E-state index is 9.85. The normalized spacial score (nSPS) is 39.3. The van der Waals surface area contributed by atoms with Gasteiger partial charge in [-0.2, -0.15) is 0 Å². The second-order valence-electron chi connectivity index (χ2n) is 6.71. The Balaban J connectivity index is 1.88. The number of likely N-dealkylation sites (N-methyl/N-ethyl adjacent to an activating group) is 1. The van der Waals surface area contributed by atoms with Gasteiger partial charge in [-0.3, -0.25) is 4.90 Å². The number of nitrogens with zero attached hydrogens (tertiary/aromatic N) is 1. The summed E-state index contributed by atoms with van der Waals surface area (Å²) in [6.07, 6.45) is 5.16. The molecule has 118 valence electrons. The van der Waals surface area contributed by atoms with Gasteiger partial charge in [0.25, 0.3) is 0 Å². The molecule has 2 fully saturated rings. The van der Waals surface area contributed by atoms with Crippen molar-refractivity contribution in [1.29, 1.82) is 0 Å². The van der Waals surface area contributed by atoms with Gasteiger partial charge < -0.3 is 15.2 Å². The monoisotopic (exact) mass is 284 g/mol. The van der Waals surface area contributed by atoms with Crippen LogP contribution < -0.4 is 5.32 Å². The van der Waals surface area contributed by atoms with Crippen LogP contribution in [0.15, 0.2) is 0 Å². The third-order valence-corrected chi connectivity index (χ3v) is 5.27. The average molecular weight is 284 g/mol. The van der Waals surface area contributed by atoms with E-state index in [0.29, 0.717) is 18.1 Å². The largest absolute Gasteiger partial charge is 0.394 e. The van der Waals surface area contributed by atoms with Gasteiger partial charge in [0.1, 0.15) is 0 Å². The number of rotatable bonds is 6. The van der Waals surface area contributed by atoms with Crippen molar-refractivity contribution in [3.05, 3.63) is 0 Å². The third-order valence-electron chi connectivity index (χ3n) is 5.27. The first-order chi connectivity index (χ1) is 9.61. The van der Waals surface area contributed by atoms with Crippen molar-refractivity contribution in [3.63, 3.8) is 0 Å². The minimum atomic E-state index is -0.0180. The predicted molar refractivity (Wildman–Crippen MR) is 81.9 cm³/mol. The van der Waals surface area contributed by atoms with E-state index in [4.69, 9.17) is 4.74 Å². The van der Waals surface area contributed by atoms with E-state index in [1.165, 1.54) is 19.3 Å². The summed E-state index contributed by atoms with van der Waals surface area (Å²) in [5.41, 5.74) is -0.0180. The highest BCUT2D eigenvalue weighted by Crippen LogP contribution is 2.38. The van der Waals surface area contributed by atoms with Crippen molar-refractivity contribution in [2.75, 3.05) is 32.8 Å². The van der Waals surface area contributed by atoms with E-state index < -0.39 is 0 Å². The molecule has 20 heavy (non-hydrogen) atoms. The fraction of sp³-hybridized carbons (Fsp3) is 1.00. The molecule has 1 aliphatic heterocycles. The van der Waals surface area contributed by atoms with Gasteiger partial charge in [0.2, 0.25) is 0 Å². The van der Waals surface area contributed by atoms with Crippen molar-refractivity contribution < 1.29 is 9.84 Å². The molecule has 0 aromatic carbocycles. The van der Waals surface area contributed by atoms with Crippen LogP contribution in [0.3, 0.4) is 0 Å². The summed E-state index contributed by atoms with van der Waals surface area (Å²) < 4.78 is 5.70. The van der Waals surface area contributed by atoms with Crippen molar-refractivity contribution >= 4 is 0 Å². The van der Waals surface area contributed by atoms with E-state index in [0.717, 1.165) is 32.7 Å². The van der Waals surface area contributed by atoms with Crippen LogP contribution >= 0.6 is 0 Å². The maximum Gasteiger partial charge on any atom is 0.0674 e. The standard InChI is InChI=1S/C16H32N2O2/c1-4-17-16(12-19)8-5-6-15(16)7-9-18-10-14(3)20-11-13(18)2/h13-15,17,19H,4-12H2,1-3H3. The number of hydrogen-bond donors (Lipinski definition) is 2. The van der Waals surface area contributed by atoms with Gasteiger partial charge in [0.15, 0.2) is 0 Å². The van der Waals surface area contributed by atoms with Gasteiger partial charge in [-0.05, 0) is 52.1 Å². The molecule has 0 aromatic rings. The number of hydrogen-bond acceptors (Lipinski definition) is 4. The summed E-state index contributed by atoms with van der Waals surface area (Å²) in [5, 5.41) is 13.4. The lowest BCUT2D eigenvalue weighted by molar-refractivity contribution is -0.0520. The van der Waals surface area contributed by atoms with Crippen LogP contribution in [0.25, 0.3) is 0 Å². The summed E-state index contributed by atoms with van der Waals surface area (Å²) >= 11 is 0.